The van der Waals surface area contributed by atoms with Gasteiger partial charge in [0.1, 0.15) is 0 Å². The fourth-order valence-corrected chi connectivity index (χ4v) is 6.76. The minimum atomic E-state index is -0.0949. The summed E-state index contributed by atoms with van der Waals surface area (Å²) >= 11 is 0. The van der Waals surface area contributed by atoms with Gasteiger partial charge in [0, 0.05) is 137 Å². The molecule has 6 heterocycles. The minimum absolute atomic E-state index is 0.0556. The average molecular weight is 1320 g/mol. The zero-order valence-electron chi connectivity index (χ0n) is 67.3. The first-order valence-electron chi connectivity index (χ1n) is 35.7. The summed E-state index contributed by atoms with van der Waals surface area (Å²) in [6, 6.07) is 31.3. The number of hydrogen-bond donors (Lipinski definition) is 0. The topological polar surface area (TPSA) is 160 Å². The molecule has 94 heavy (non-hydrogen) atoms. The van der Waals surface area contributed by atoms with Crippen LogP contribution in [-0.2, 0) is 42.7 Å². The molecule has 2 aromatic heterocycles. The van der Waals surface area contributed by atoms with Crippen LogP contribution in [0.2, 0.25) is 0 Å². The summed E-state index contributed by atoms with van der Waals surface area (Å²) in [5.41, 5.74) is 2.41. The lowest BCUT2D eigenvalue weighted by atomic mass is 10.1. The van der Waals surface area contributed by atoms with E-state index in [9.17, 15) is 19.2 Å². The van der Waals surface area contributed by atoms with Crippen LogP contribution >= 0.6 is 0 Å². The van der Waals surface area contributed by atoms with Crippen molar-refractivity contribution in [2.45, 2.75) is 244 Å². The van der Waals surface area contributed by atoms with E-state index in [2.05, 4.69) is 106 Å². The predicted octanol–water partition coefficient (Wildman–Crippen LogP) is 20.1. The number of carbonyl (C=O) groups excluding carboxylic acids is 4. The van der Waals surface area contributed by atoms with E-state index in [-0.39, 0.29) is 35.5 Å². The van der Waals surface area contributed by atoms with Gasteiger partial charge in [0.25, 0.3) is 0 Å². The molecule has 3 fully saturated rings. The number of nitrogens with zero attached hydrogens (tertiary/aromatic N) is 10. The number of likely N-dealkylation sites (tertiary alicyclic amines) is 2. The number of carbonyl (C=O) groups is 4. The van der Waals surface area contributed by atoms with E-state index in [4.69, 9.17) is 0 Å². The molecule has 1 saturated carbocycles. The summed E-state index contributed by atoms with van der Waals surface area (Å²) in [6.07, 6.45) is 20.1. The summed E-state index contributed by atoms with van der Waals surface area (Å²) in [6.45, 7) is 54.6. The first kappa shape index (κ1) is 109. The summed E-state index contributed by atoms with van der Waals surface area (Å²) in [5, 5.41) is 22.5. The fourth-order valence-electron chi connectivity index (χ4n) is 6.76. The maximum atomic E-state index is 10.8. The van der Waals surface area contributed by atoms with Crippen molar-refractivity contribution in [1.29, 1.82) is 0 Å². The molecule has 0 spiro atoms. The van der Waals surface area contributed by atoms with Gasteiger partial charge in [0.15, 0.2) is 0 Å². The number of hydrazone groups is 2. The van der Waals surface area contributed by atoms with Gasteiger partial charge in [0.05, 0.1) is 19.4 Å². The highest BCUT2D eigenvalue weighted by Gasteiger charge is 2.33. The van der Waals surface area contributed by atoms with Crippen LogP contribution in [-0.4, -0.2) is 144 Å². The maximum Gasteiger partial charge on any atom is 0.232 e. The molecule has 5 aliphatic rings. The Morgan fingerprint density at radius 2 is 0.830 bits per heavy atom. The summed E-state index contributed by atoms with van der Waals surface area (Å²) in [5.74, 6) is 0.231. The molecular weight excluding hydrogens is 1170 g/mol. The van der Waals surface area contributed by atoms with Gasteiger partial charge >= 0.3 is 0 Å². The van der Waals surface area contributed by atoms with E-state index in [1.807, 2.05) is 249 Å². The molecule has 4 unspecified atom stereocenters. The molecule has 16 heteroatoms. The van der Waals surface area contributed by atoms with Gasteiger partial charge in [-0.25, -0.2) is 0 Å². The second kappa shape index (κ2) is 86.5. The largest absolute Gasteiger partial charge is 0.382 e. The number of rotatable bonds is 3. The standard InChI is InChI=1S/C10H8.2C6H9NO2.C6H6.C5H10N2.C5H8N2.C5H10N2.C5H8N2.C5H10.C4H10O2.C3H8.9C2H6/c1-2-6-10-8-4-3-7-9(10)5-1;2*1-4-3-5(8)7(2)6(4)9;1-2-4-6-5-3-1;2*1-5-3-6-7(2)4-5;2*1-5-3-4-6-7(5)2;1-2-4-5-3-1;1-5-3-4-6-2;1-3-2;9*1-2/h1-8H;2*4H,3H2,1-2H3;1-6H;3,5H,4H2,1-2H3;3-4H,1-2H3;4-5H,3H2,1-2H3;3-4H,1-2H3;1-5H2;3-4H2,1-2H3;3H2,1-2H3;9*1-2H3. The van der Waals surface area contributed by atoms with Gasteiger partial charge in [-0.1, -0.05) is 283 Å². The number of imide groups is 2. The third-order valence-corrected chi connectivity index (χ3v) is 11.6. The Morgan fingerprint density at radius 3 is 0.947 bits per heavy atom. The molecule has 1 aliphatic carbocycles. The molecule has 0 bridgehead atoms. The van der Waals surface area contributed by atoms with Gasteiger partial charge in [-0.2, -0.15) is 20.4 Å². The van der Waals surface area contributed by atoms with Crippen molar-refractivity contribution >= 4 is 46.8 Å². The highest BCUT2D eigenvalue weighted by atomic mass is 16.5. The van der Waals surface area contributed by atoms with Crippen LogP contribution < -0.4 is 0 Å². The molecule has 0 radical (unpaired) electrons. The summed E-state index contributed by atoms with van der Waals surface area (Å²) < 4.78 is 12.9. The first-order valence-corrected chi connectivity index (χ1v) is 35.7. The number of aryl methyl sites for hydroxylation is 4. The van der Waals surface area contributed by atoms with Crippen LogP contribution in [0.1, 0.15) is 235 Å². The fraction of sp³-hybridized carbons (Fsp3) is 0.641. The van der Waals surface area contributed by atoms with Crippen LogP contribution in [0.4, 0.5) is 0 Å². The van der Waals surface area contributed by atoms with Crippen molar-refractivity contribution < 1.29 is 28.7 Å². The molecular formula is C78H150N10O6. The highest BCUT2D eigenvalue weighted by molar-refractivity contribution is 6.03. The molecule has 3 aromatic carbocycles. The van der Waals surface area contributed by atoms with Crippen molar-refractivity contribution in [2.75, 3.05) is 62.2 Å². The lowest BCUT2D eigenvalue weighted by Crippen LogP contribution is -2.24. The van der Waals surface area contributed by atoms with Gasteiger partial charge in [-0.3, -0.25) is 48.4 Å². The van der Waals surface area contributed by atoms with Crippen molar-refractivity contribution in [3.8, 4) is 0 Å². The van der Waals surface area contributed by atoms with Crippen LogP contribution in [0.5, 0.6) is 0 Å². The lowest BCUT2D eigenvalue weighted by molar-refractivity contribution is -0.139. The van der Waals surface area contributed by atoms with Crippen LogP contribution in [0.25, 0.3) is 10.8 Å². The normalized spacial score (nSPS) is 15.3. The first-order chi connectivity index (χ1) is 45.2. The van der Waals surface area contributed by atoms with Gasteiger partial charge in [0.2, 0.25) is 23.6 Å². The second-order valence-corrected chi connectivity index (χ2v) is 19.1. The lowest BCUT2D eigenvalue weighted by Gasteiger charge is -2.11. The van der Waals surface area contributed by atoms with Gasteiger partial charge in [-0.05, 0) is 43.2 Å². The molecule has 2 saturated heterocycles. The van der Waals surface area contributed by atoms with Crippen LogP contribution in [0.15, 0.2) is 120 Å². The van der Waals surface area contributed by atoms with Gasteiger partial charge < -0.3 is 9.47 Å². The van der Waals surface area contributed by atoms with E-state index in [1.54, 1.807) is 38.9 Å². The van der Waals surface area contributed by atoms with E-state index in [0.29, 0.717) is 38.0 Å². The van der Waals surface area contributed by atoms with E-state index < -0.39 is 0 Å². The number of benzene rings is 3. The monoisotopic (exact) mass is 1320 g/mol. The maximum absolute atomic E-state index is 10.8. The molecule has 4 atom stereocenters. The smallest absolute Gasteiger partial charge is 0.232 e. The summed E-state index contributed by atoms with van der Waals surface area (Å²) in [4.78, 5) is 45.4. The van der Waals surface area contributed by atoms with E-state index in [0.717, 1.165) is 13.0 Å². The van der Waals surface area contributed by atoms with Gasteiger partial charge in [-0.15, -0.1) is 0 Å². The number of fused-ring (bicyclic) bond motifs is 1. The number of hydrogen-bond acceptors (Lipinski definition) is 12. The highest BCUT2D eigenvalue weighted by Crippen LogP contribution is 2.17. The number of methoxy groups -OCH3 is 2. The van der Waals surface area contributed by atoms with Crippen molar-refractivity contribution in [3.63, 3.8) is 0 Å². The SMILES string of the molecule is C1CCCC1.CC.CC.CC.CC.CC.CC.CC.CC.CC.CC1C=NN(C)C1.CC1CC(=O)N(C)C1=O.CC1CC(=O)N(C)C1=O.CC1CC=NN1C.CCC.COCCOC.Cc1ccnn1C.Cc1cnn(C)c1.c1ccc2ccccc2c1.c1ccccc1. The Kier molecular flexibility index (Phi) is 100. The van der Waals surface area contributed by atoms with Crippen molar-refractivity contribution in [2.24, 2.45) is 42.1 Å². The zero-order chi connectivity index (χ0) is 75.3. The quantitative estimate of drug-likeness (QED) is 0.126. The third-order valence-electron chi connectivity index (χ3n) is 11.6. The van der Waals surface area contributed by atoms with E-state index >= 15 is 0 Å². The molecule has 10 rings (SSSR count). The summed E-state index contributed by atoms with van der Waals surface area (Å²) in [7, 11) is 14.2. The van der Waals surface area contributed by atoms with Crippen molar-refractivity contribution in [1.82, 2.24) is 39.4 Å². The molecule has 4 aliphatic heterocycles. The molecule has 0 N–H and O–H groups in total. The van der Waals surface area contributed by atoms with Crippen LogP contribution in [0.3, 0.4) is 0 Å². The average Bonchev–Trinajstić information content (AvgIpc) is 1.67. The Hall–Kier alpha value is -6.52. The minimum Gasteiger partial charge on any atom is -0.382 e. The van der Waals surface area contributed by atoms with Crippen LogP contribution in [0, 0.1) is 31.6 Å². The number of aromatic nitrogens is 4. The molecule has 4 amide bonds. The Balaban J connectivity index is -0.000000101. The van der Waals surface area contributed by atoms with Crippen molar-refractivity contribution in [3.05, 3.63) is 121 Å². The zero-order valence-corrected chi connectivity index (χ0v) is 67.3. The molecule has 16 nitrogen and oxygen atoms in total. The second-order valence-electron chi connectivity index (χ2n) is 19.1. The Bertz CT molecular complexity index is 2150. The predicted molar refractivity (Wildman–Crippen MR) is 415 cm³/mol. The third kappa shape index (κ3) is 66.9. The van der Waals surface area contributed by atoms with E-state index in [1.165, 1.54) is 84.4 Å². The Morgan fingerprint density at radius 1 is 0.489 bits per heavy atom. The number of ether oxygens (including phenoxy) is 2. The Labute approximate surface area is 581 Å². The molecule has 5 aromatic rings. The number of amides is 4. The molecule has 548 valence electrons.